The second kappa shape index (κ2) is 5.92. The average Bonchev–Trinajstić information content (AvgIpc) is 2.86. The van der Waals surface area contributed by atoms with Gasteiger partial charge in [-0.15, -0.1) is 0 Å². The van der Waals surface area contributed by atoms with Crippen LogP contribution in [0.2, 0.25) is 0 Å². The first-order valence-electron chi connectivity index (χ1n) is 6.56. The maximum absolute atomic E-state index is 12.0. The first kappa shape index (κ1) is 14.3. The van der Waals surface area contributed by atoms with Crippen LogP contribution in [0.3, 0.4) is 0 Å². The Balaban J connectivity index is 2.26. The van der Waals surface area contributed by atoms with E-state index in [1.165, 1.54) is 4.90 Å². The van der Waals surface area contributed by atoms with Gasteiger partial charge in [-0.1, -0.05) is 17.2 Å². The van der Waals surface area contributed by atoms with Crippen molar-refractivity contribution in [2.45, 2.75) is 13.8 Å². The zero-order chi connectivity index (χ0) is 14.7. The minimum atomic E-state index is -0.227. The van der Waals surface area contributed by atoms with Gasteiger partial charge in [-0.2, -0.15) is 0 Å². The Bertz CT molecular complexity index is 596. The molecule has 0 unspecified atom stereocenters. The van der Waals surface area contributed by atoms with Crippen molar-refractivity contribution in [2.24, 2.45) is 0 Å². The summed E-state index contributed by atoms with van der Waals surface area (Å²) in [6, 6.07) is 9.61. The van der Waals surface area contributed by atoms with Gasteiger partial charge in [0.05, 0.1) is 6.61 Å². The number of likely N-dealkylation sites (N-methyl/N-ethyl adjacent to an activating group) is 1. The summed E-state index contributed by atoms with van der Waals surface area (Å²) >= 11 is 0. The van der Waals surface area contributed by atoms with Crippen LogP contribution in [-0.2, 0) is 0 Å². The van der Waals surface area contributed by atoms with Crippen LogP contribution >= 0.6 is 0 Å². The maximum atomic E-state index is 12.0. The first-order valence-corrected chi connectivity index (χ1v) is 6.56. The molecule has 4 nitrogen and oxygen atoms in total. The number of carbonyl (C=O) groups excluding carboxylic acids is 1. The molecule has 0 aliphatic rings. The highest BCUT2D eigenvalue weighted by molar-refractivity contribution is 5.91. The summed E-state index contributed by atoms with van der Waals surface area (Å²) in [7, 11) is 1.64. The van der Waals surface area contributed by atoms with E-state index < -0.39 is 0 Å². The van der Waals surface area contributed by atoms with E-state index in [0.717, 1.165) is 16.7 Å². The summed E-state index contributed by atoms with van der Waals surface area (Å²) in [5.41, 5.74) is 3.27. The van der Waals surface area contributed by atoms with E-state index in [1.807, 2.05) is 26.0 Å². The summed E-state index contributed by atoms with van der Waals surface area (Å²) in [5, 5.41) is 8.85. The summed E-state index contributed by atoms with van der Waals surface area (Å²) in [5.74, 6) is 0.738. The number of hydrogen-bond acceptors (Lipinski definition) is 3. The molecule has 1 aromatic carbocycles. The second-order valence-corrected chi connectivity index (χ2v) is 4.99. The fourth-order valence-corrected chi connectivity index (χ4v) is 2.16. The SMILES string of the molecule is Cc1cc(C)cc(-c2ccc(C(=O)N(C)CCO)o2)c1. The number of aliphatic hydroxyl groups excluding tert-OH is 1. The normalized spacial score (nSPS) is 10.6. The van der Waals surface area contributed by atoms with Crippen molar-refractivity contribution in [1.29, 1.82) is 0 Å². The summed E-state index contributed by atoms with van der Waals surface area (Å²) in [6.07, 6.45) is 0. The molecule has 0 aliphatic carbocycles. The molecule has 1 N–H and O–H groups in total. The van der Waals surface area contributed by atoms with Gasteiger partial charge < -0.3 is 14.4 Å². The molecule has 0 atom stereocenters. The van der Waals surface area contributed by atoms with Crippen molar-refractivity contribution >= 4 is 5.91 Å². The minimum Gasteiger partial charge on any atom is -0.451 e. The molecule has 0 saturated heterocycles. The van der Waals surface area contributed by atoms with E-state index in [9.17, 15) is 4.79 Å². The Labute approximate surface area is 118 Å². The van der Waals surface area contributed by atoms with Gasteiger partial charge in [0, 0.05) is 19.2 Å². The van der Waals surface area contributed by atoms with E-state index in [-0.39, 0.29) is 18.3 Å². The number of aliphatic hydroxyl groups is 1. The zero-order valence-electron chi connectivity index (χ0n) is 12.0. The average molecular weight is 273 g/mol. The number of rotatable bonds is 4. The van der Waals surface area contributed by atoms with E-state index in [2.05, 4.69) is 6.07 Å². The Morgan fingerprint density at radius 2 is 1.85 bits per heavy atom. The summed E-state index contributed by atoms with van der Waals surface area (Å²) in [4.78, 5) is 13.5. The van der Waals surface area contributed by atoms with Crippen molar-refractivity contribution in [1.82, 2.24) is 4.90 Å². The molecule has 20 heavy (non-hydrogen) atoms. The number of aryl methyl sites for hydroxylation is 2. The third-order valence-electron chi connectivity index (χ3n) is 3.11. The van der Waals surface area contributed by atoms with Gasteiger partial charge in [-0.3, -0.25) is 4.79 Å². The number of nitrogens with zero attached hydrogens (tertiary/aromatic N) is 1. The van der Waals surface area contributed by atoms with E-state index in [4.69, 9.17) is 9.52 Å². The Morgan fingerprint density at radius 3 is 2.45 bits per heavy atom. The van der Waals surface area contributed by atoms with Gasteiger partial charge in [0.25, 0.3) is 5.91 Å². The predicted molar refractivity (Wildman–Crippen MR) is 77.7 cm³/mol. The lowest BCUT2D eigenvalue weighted by Crippen LogP contribution is -2.29. The Hall–Kier alpha value is -2.07. The fourth-order valence-electron chi connectivity index (χ4n) is 2.16. The standard InChI is InChI=1S/C16H19NO3/c1-11-8-12(2)10-13(9-11)14-4-5-15(20-14)16(19)17(3)6-7-18/h4-5,8-10,18H,6-7H2,1-3H3. The molecule has 0 spiro atoms. The lowest BCUT2D eigenvalue weighted by molar-refractivity contribution is 0.0736. The largest absolute Gasteiger partial charge is 0.451 e. The zero-order valence-corrected chi connectivity index (χ0v) is 12.0. The highest BCUT2D eigenvalue weighted by Crippen LogP contribution is 2.25. The smallest absolute Gasteiger partial charge is 0.289 e. The third kappa shape index (κ3) is 3.08. The number of carbonyl (C=O) groups is 1. The van der Waals surface area contributed by atoms with E-state index in [1.54, 1.807) is 19.2 Å². The van der Waals surface area contributed by atoms with Crippen LogP contribution in [0.1, 0.15) is 21.7 Å². The summed E-state index contributed by atoms with van der Waals surface area (Å²) < 4.78 is 5.64. The molecular weight excluding hydrogens is 254 g/mol. The van der Waals surface area contributed by atoms with Crippen LogP contribution < -0.4 is 0 Å². The highest BCUT2D eigenvalue weighted by Gasteiger charge is 2.16. The van der Waals surface area contributed by atoms with Crippen LogP contribution in [0.15, 0.2) is 34.7 Å². The number of benzene rings is 1. The van der Waals surface area contributed by atoms with Crippen molar-refractivity contribution < 1.29 is 14.3 Å². The van der Waals surface area contributed by atoms with E-state index in [0.29, 0.717) is 12.3 Å². The lowest BCUT2D eigenvalue weighted by atomic mass is 10.1. The molecule has 2 rings (SSSR count). The minimum absolute atomic E-state index is 0.0626. The molecule has 4 heteroatoms. The molecule has 1 heterocycles. The molecule has 0 saturated carbocycles. The predicted octanol–water partition coefficient (Wildman–Crippen LogP) is 2.63. The van der Waals surface area contributed by atoms with Crippen LogP contribution in [0.4, 0.5) is 0 Å². The van der Waals surface area contributed by atoms with Gasteiger partial charge >= 0.3 is 0 Å². The van der Waals surface area contributed by atoms with Gasteiger partial charge in [-0.25, -0.2) is 0 Å². The molecule has 0 bridgehead atoms. The van der Waals surface area contributed by atoms with Gasteiger partial charge in [0.15, 0.2) is 5.76 Å². The molecule has 0 radical (unpaired) electrons. The molecular formula is C16H19NO3. The van der Waals surface area contributed by atoms with Crippen LogP contribution in [0, 0.1) is 13.8 Å². The monoisotopic (exact) mass is 273 g/mol. The second-order valence-electron chi connectivity index (χ2n) is 4.99. The van der Waals surface area contributed by atoms with Crippen molar-refractivity contribution in [3.8, 4) is 11.3 Å². The molecule has 1 amide bonds. The Kier molecular flexibility index (Phi) is 4.25. The van der Waals surface area contributed by atoms with Crippen LogP contribution in [0.5, 0.6) is 0 Å². The van der Waals surface area contributed by atoms with Crippen molar-refractivity contribution in [2.75, 3.05) is 20.2 Å². The topological polar surface area (TPSA) is 53.7 Å². The van der Waals surface area contributed by atoms with Gasteiger partial charge in [-0.05, 0) is 38.1 Å². The van der Waals surface area contributed by atoms with Gasteiger partial charge in [0.2, 0.25) is 0 Å². The molecule has 0 aliphatic heterocycles. The lowest BCUT2D eigenvalue weighted by Gasteiger charge is -2.13. The maximum Gasteiger partial charge on any atom is 0.289 e. The number of hydrogen-bond donors (Lipinski definition) is 1. The van der Waals surface area contributed by atoms with Crippen LogP contribution in [0.25, 0.3) is 11.3 Å². The molecule has 1 aromatic heterocycles. The van der Waals surface area contributed by atoms with Crippen molar-refractivity contribution in [3.05, 3.63) is 47.2 Å². The quantitative estimate of drug-likeness (QED) is 0.931. The molecule has 106 valence electrons. The molecule has 2 aromatic rings. The third-order valence-corrected chi connectivity index (χ3v) is 3.11. The fraction of sp³-hybridized carbons (Fsp3) is 0.312. The van der Waals surface area contributed by atoms with E-state index >= 15 is 0 Å². The first-order chi connectivity index (χ1) is 9.51. The van der Waals surface area contributed by atoms with Gasteiger partial charge in [0.1, 0.15) is 5.76 Å². The number of amides is 1. The van der Waals surface area contributed by atoms with Crippen LogP contribution in [-0.4, -0.2) is 36.1 Å². The highest BCUT2D eigenvalue weighted by atomic mass is 16.4. The number of furan rings is 1. The van der Waals surface area contributed by atoms with Crippen molar-refractivity contribution in [3.63, 3.8) is 0 Å². The Morgan fingerprint density at radius 1 is 1.20 bits per heavy atom. The summed E-state index contributed by atoms with van der Waals surface area (Å²) in [6.45, 7) is 4.28. The molecule has 0 fully saturated rings.